The van der Waals surface area contributed by atoms with Crippen LogP contribution in [0.5, 0.6) is 5.75 Å². The summed E-state index contributed by atoms with van der Waals surface area (Å²) in [5.74, 6) is -0.648. The van der Waals surface area contributed by atoms with Crippen molar-refractivity contribution in [3.05, 3.63) is 94.9 Å². The molecule has 1 saturated heterocycles. The highest BCUT2D eigenvalue weighted by Gasteiger charge is 2.22. The average molecular weight is 513 g/mol. The van der Waals surface area contributed by atoms with Crippen LogP contribution in [0.15, 0.2) is 66.7 Å². The average Bonchev–Trinajstić information content (AvgIpc) is 3.30. The molecule has 4 aromatic rings. The van der Waals surface area contributed by atoms with Gasteiger partial charge in [-0.1, -0.05) is 23.8 Å². The third-order valence-electron chi connectivity index (χ3n) is 6.86. The van der Waals surface area contributed by atoms with Gasteiger partial charge in [0.1, 0.15) is 18.2 Å². The summed E-state index contributed by atoms with van der Waals surface area (Å²) in [7, 11) is 0. The predicted octanol–water partition coefficient (Wildman–Crippen LogP) is 6.90. The molecule has 1 aromatic heterocycles. The minimum absolute atomic E-state index is 0.0129. The number of aryl methyl sites for hydroxylation is 2. The number of hydrogen-bond acceptors (Lipinski definition) is 3. The molecule has 0 radical (unpaired) electrons. The normalized spacial score (nSPS) is 13.6. The standard InChI is InChI=1S/C31H29FN2O4/c1-19-6-11-29(38-18-21-7-9-24(32)10-8-21)27(13-19)28-17-26(20(2)33-28)22-14-23(31(36)37)16-25(15-22)34-12-4-3-5-30(34)35/h6-11,13-17,33H,3-5,12,18H2,1-2H3,(H,36,37). The molecule has 38 heavy (non-hydrogen) atoms. The van der Waals surface area contributed by atoms with Gasteiger partial charge in [0.05, 0.1) is 5.56 Å². The quantitative estimate of drug-likeness (QED) is 0.282. The number of carboxylic acid groups (broad SMARTS) is 1. The number of ether oxygens (including phenoxy) is 1. The summed E-state index contributed by atoms with van der Waals surface area (Å²) in [4.78, 5) is 29.6. The van der Waals surface area contributed by atoms with E-state index in [1.165, 1.54) is 12.1 Å². The highest BCUT2D eigenvalue weighted by molar-refractivity contribution is 5.98. The van der Waals surface area contributed by atoms with Crippen molar-refractivity contribution in [2.24, 2.45) is 0 Å². The summed E-state index contributed by atoms with van der Waals surface area (Å²) < 4.78 is 19.4. The summed E-state index contributed by atoms with van der Waals surface area (Å²) >= 11 is 0. The Kier molecular flexibility index (Phi) is 7.01. The van der Waals surface area contributed by atoms with Crippen LogP contribution in [0.2, 0.25) is 0 Å². The van der Waals surface area contributed by atoms with Crippen LogP contribution >= 0.6 is 0 Å². The van der Waals surface area contributed by atoms with Crippen molar-refractivity contribution < 1.29 is 23.8 Å². The van der Waals surface area contributed by atoms with E-state index in [0.29, 0.717) is 24.4 Å². The van der Waals surface area contributed by atoms with Crippen molar-refractivity contribution in [2.75, 3.05) is 11.4 Å². The first kappa shape index (κ1) is 25.3. The number of aromatic nitrogens is 1. The lowest BCUT2D eigenvalue weighted by molar-refractivity contribution is -0.119. The molecule has 1 aliphatic heterocycles. The Morgan fingerprint density at radius 1 is 1.00 bits per heavy atom. The number of carboxylic acids is 1. The lowest BCUT2D eigenvalue weighted by Crippen LogP contribution is -2.35. The van der Waals surface area contributed by atoms with Gasteiger partial charge in [0.25, 0.3) is 0 Å². The van der Waals surface area contributed by atoms with Crippen LogP contribution in [0.3, 0.4) is 0 Å². The molecule has 0 unspecified atom stereocenters. The lowest BCUT2D eigenvalue weighted by Gasteiger charge is -2.27. The van der Waals surface area contributed by atoms with Crippen molar-refractivity contribution in [3.8, 4) is 28.1 Å². The molecule has 0 atom stereocenters. The second-order valence-corrected chi connectivity index (χ2v) is 9.71. The van der Waals surface area contributed by atoms with Crippen LogP contribution in [0.4, 0.5) is 10.1 Å². The molecule has 2 heterocycles. The van der Waals surface area contributed by atoms with E-state index in [9.17, 15) is 19.1 Å². The number of H-pyrrole nitrogens is 1. The molecule has 194 valence electrons. The molecule has 1 aliphatic rings. The van der Waals surface area contributed by atoms with Crippen LogP contribution in [0, 0.1) is 19.7 Å². The zero-order valence-corrected chi connectivity index (χ0v) is 21.4. The third kappa shape index (κ3) is 5.32. The van der Waals surface area contributed by atoms with E-state index in [1.54, 1.807) is 29.2 Å². The fourth-order valence-electron chi connectivity index (χ4n) is 4.85. The maximum atomic E-state index is 13.3. The van der Waals surface area contributed by atoms with Crippen molar-refractivity contribution in [3.63, 3.8) is 0 Å². The summed E-state index contributed by atoms with van der Waals surface area (Å²) in [5, 5.41) is 9.78. The highest BCUT2D eigenvalue weighted by atomic mass is 19.1. The predicted molar refractivity (Wildman–Crippen MR) is 145 cm³/mol. The molecule has 0 spiro atoms. The van der Waals surface area contributed by atoms with Gasteiger partial charge in [-0.25, -0.2) is 9.18 Å². The van der Waals surface area contributed by atoms with Gasteiger partial charge in [0, 0.05) is 41.2 Å². The zero-order chi connectivity index (χ0) is 26.8. The number of carbonyl (C=O) groups excluding carboxylic acids is 1. The van der Waals surface area contributed by atoms with Crippen molar-refractivity contribution >= 4 is 17.6 Å². The van der Waals surface area contributed by atoms with Crippen molar-refractivity contribution in [1.29, 1.82) is 0 Å². The number of nitrogens with zero attached hydrogens (tertiary/aromatic N) is 1. The number of hydrogen-bond donors (Lipinski definition) is 2. The van der Waals surface area contributed by atoms with Gasteiger partial charge in [-0.05, 0) is 86.3 Å². The number of nitrogens with one attached hydrogen (secondary N) is 1. The second kappa shape index (κ2) is 10.5. The van der Waals surface area contributed by atoms with E-state index in [2.05, 4.69) is 4.98 Å². The molecule has 2 N–H and O–H groups in total. The number of benzene rings is 3. The number of piperidine rings is 1. The Balaban J connectivity index is 1.51. The Morgan fingerprint density at radius 2 is 1.79 bits per heavy atom. The van der Waals surface area contributed by atoms with Crippen molar-refractivity contribution in [2.45, 2.75) is 39.7 Å². The smallest absolute Gasteiger partial charge is 0.335 e. The molecule has 0 saturated carbocycles. The summed E-state index contributed by atoms with van der Waals surface area (Å²) in [6, 6.07) is 19.2. The van der Waals surface area contributed by atoms with E-state index in [-0.39, 0.29) is 23.9 Å². The van der Waals surface area contributed by atoms with Gasteiger partial charge in [-0.3, -0.25) is 4.79 Å². The molecule has 1 amide bonds. The largest absolute Gasteiger partial charge is 0.488 e. The number of anilines is 1. The molecule has 5 rings (SSSR count). The van der Waals surface area contributed by atoms with E-state index >= 15 is 0 Å². The van der Waals surface area contributed by atoms with Gasteiger partial charge in [0.2, 0.25) is 5.91 Å². The first-order chi connectivity index (χ1) is 18.3. The molecule has 3 aromatic carbocycles. The van der Waals surface area contributed by atoms with Gasteiger partial charge in [-0.2, -0.15) is 0 Å². The topological polar surface area (TPSA) is 82.6 Å². The Morgan fingerprint density at radius 3 is 2.53 bits per heavy atom. The summed E-state index contributed by atoms with van der Waals surface area (Å²) in [6.45, 7) is 4.81. The number of aromatic carboxylic acids is 1. The third-order valence-corrected chi connectivity index (χ3v) is 6.86. The van der Waals surface area contributed by atoms with Gasteiger partial charge in [0.15, 0.2) is 0 Å². The monoisotopic (exact) mass is 512 g/mol. The number of rotatable bonds is 7. The molecule has 7 heteroatoms. The summed E-state index contributed by atoms with van der Waals surface area (Å²) in [5.41, 5.74) is 6.77. The van der Waals surface area contributed by atoms with Crippen LogP contribution < -0.4 is 9.64 Å². The number of carbonyl (C=O) groups is 2. The van der Waals surface area contributed by atoms with Gasteiger partial charge >= 0.3 is 5.97 Å². The maximum absolute atomic E-state index is 13.3. The van der Waals surface area contributed by atoms with Crippen LogP contribution in [-0.4, -0.2) is 28.5 Å². The first-order valence-corrected chi connectivity index (χ1v) is 12.7. The number of aromatic amines is 1. The fourth-order valence-corrected chi connectivity index (χ4v) is 4.85. The number of halogens is 1. The van der Waals surface area contributed by atoms with Crippen LogP contribution in [0.1, 0.15) is 46.4 Å². The first-order valence-electron chi connectivity index (χ1n) is 12.7. The maximum Gasteiger partial charge on any atom is 0.335 e. The zero-order valence-electron chi connectivity index (χ0n) is 21.4. The fraction of sp³-hybridized carbons (Fsp3) is 0.226. The lowest BCUT2D eigenvalue weighted by atomic mass is 9.99. The van der Waals surface area contributed by atoms with Crippen LogP contribution in [0.25, 0.3) is 22.4 Å². The van der Waals surface area contributed by atoms with E-state index in [0.717, 1.165) is 52.0 Å². The molecular weight excluding hydrogens is 483 g/mol. The van der Waals surface area contributed by atoms with E-state index in [4.69, 9.17) is 4.74 Å². The Labute approximate surface area is 220 Å². The minimum Gasteiger partial charge on any atom is -0.488 e. The van der Waals surface area contributed by atoms with Crippen molar-refractivity contribution in [1.82, 2.24) is 4.98 Å². The SMILES string of the molecule is Cc1ccc(OCc2ccc(F)cc2)c(-c2cc(-c3cc(C(=O)O)cc(N4CCCCC4=O)c3)c(C)[nH]2)c1. The Hall–Kier alpha value is -4.39. The van der Waals surface area contributed by atoms with E-state index < -0.39 is 5.97 Å². The van der Waals surface area contributed by atoms with Gasteiger partial charge < -0.3 is 19.7 Å². The number of amides is 1. The van der Waals surface area contributed by atoms with Crippen LogP contribution in [-0.2, 0) is 11.4 Å². The molecule has 6 nitrogen and oxygen atoms in total. The molecule has 0 bridgehead atoms. The van der Waals surface area contributed by atoms with E-state index in [1.807, 2.05) is 44.2 Å². The Bertz CT molecular complexity index is 1510. The molecule has 1 fully saturated rings. The highest BCUT2D eigenvalue weighted by Crippen LogP contribution is 2.37. The second-order valence-electron chi connectivity index (χ2n) is 9.71. The van der Waals surface area contributed by atoms with Gasteiger partial charge in [-0.15, -0.1) is 0 Å². The molecule has 0 aliphatic carbocycles. The minimum atomic E-state index is -1.04. The molecular formula is C31H29FN2O4. The summed E-state index contributed by atoms with van der Waals surface area (Å²) in [6.07, 6.45) is 2.21.